The zero-order chi connectivity index (χ0) is 20.6. The number of ketones is 1. The Balaban J connectivity index is 1.65. The Bertz CT molecular complexity index is 744. The topological polar surface area (TPSA) is 71.4 Å². The normalized spacial score (nSPS) is 19.4. The molecule has 0 aromatic heterocycles. The molecule has 0 N–H and O–H groups in total. The SMILES string of the molecule is CCCCC(=O)C1=Nc2cc(OCCCN3CCOCC3)ccc2C(C=O)N1C. The number of aldehydes is 1. The average Bonchev–Trinajstić information content (AvgIpc) is 2.75. The number of unbranched alkanes of at least 4 members (excludes halogenated alkanes) is 1. The lowest BCUT2D eigenvalue weighted by molar-refractivity contribution is -0.114. The van der Waals surface area contributed by atoms with Gasteiger partial charge in [0.25, 0.3) is 0 Å². The fourth-order valence-electron chi connectivity index (χ4n) is 3.67. The van der Waals surface area contributed by atoms with Crippen molar-refractivity contribution < 1.29 is 19.1 Å². The molecule has 0 saturated carbocycles. The fourth-order valence-corrected chi connectivity index (χ4v) is 3.67. The van der Waals surface area contributed by atoms with Crippen LogP contribution in [0.1, 0.15) is 44.2 Å². The number of hydrogen-bond donors (Lipinski definition) is 0. The van der Waals surface area contributed by atoms with E-state index in [0.29, 0.717) is 30.3 Å². The van der Waals surface area contributed by atoms with Crippen LogP contribution >= 0.6 is 0 Å². The van der Waals surface area contributed by atoms with Gasteiger partial charge in [0.15, 0.2) is 11.6 Å². The molecule has 1 unspecified atom stereocenters. The number of rotatable bonds is 10. The second kappa shape index (κ2) is 10.5. The van der Waals surface area contributed by atoms with Gasteiger partial charge in [0.1, 0.15) is 18.1 Å². The van der Waals surface area contributed by atoms with Crippen molar-refractivity contribution in [2.45, 2.75) is 38.6 Å². The van der Waals surface area contributed by atoms with Crippen molar-refractivity contribution in [3.63, 3.8) is 0 Å². The Morgan fingerprint density at radius 2 is 2.10 bits per heavy atom. The minimum Gasteiger partial charge on any atom is -0.493 e. The molecule has 0 amide bonds. The number of benzene rings is 1. The molecule has 2 aliphatic rings. The first kappa shape index (κ1) is 21.5. The van der Waals surface area contributed by atoms with Gasteiger partial charge in [-0.15, -0.1) is 0 Å². The van der Waals surface area contributed by atoms with Gasteiger partial charge in [0.2, 0.25) is 0 Å². The summed E-state index contributed by atoms with van der Waals surface area (Å²) in [6.45, 7) is 7.20. The molecule has 1 atom stereocenters. The Hall–Kier alpha value is -2.25. The molecule has 0 radical (unpaired) electrons. The molecule has 3 rings (SSSR count). The van der Waals surface area contributed by atoms with Gasteiger partial charge in [-0.1, -0.05) is 19.4 Å². The van der Waals surface area contributed by atoms with Crippen molar-refractivity contribution >= 4 is 23.6 Å². The van der Waals surface area contributed by atoms with Crippen LogP contribution in [0.15, 0.2) is 23.2 Å². The number of fused-ring (bicyclic) bond motifs is 1. The molecule has 0 aliphatic carbocycles. The zero-order valence-corrected chi connectivity index (χ0v) is 17.4. The van der Waals surface area contributed by atoms with Crippen LogP contribution in [0.25, 0.3) is 0 Å². The van der Waals surface area contributed by atoms with Gasteiger partial charge < -0.3 is 19.2 Å². The largest absolute Gasteiger partial charge is 0.493 e. The van der Waals surface area contributed by atoms with E-state index < -0.39 is 6.04 Å². The third-order valence-electron chi connectivity index (χ3n) is 5.43. The average molecular weight is 402 g/mol. The van der Waals surface area contributed by atoms with Gasteiger partial charge >= 0.3 is 0 Å². The first-order valence-electron chi connectivity index (χ1n) is 10.5. The molecule has 2 heterocycles. The Morgan fingerprint density at radius 1 is 1.31 bits per heavy atom. The van der Waals surface area contributed by atoms with E-state index in [2.05, 4.69) is 9.89 Å². The monoisotopic (exact) mass is 401 g/mol. The number of Topliss-reactive ketones (excluding diaryl/α,β-unsaturated/α-hetero) is 1. The Morgan fingerprint density at radius 3 is 2.83 bits per heavy atom. The number of carbonyl (C=O) groups excluding carboxylic acids is 2. The molecule has 29 heavy (non-hydrogen) atoms. The van der Waals surface area contributed by atoms with Crippen LogP contribution in [-0.4, -0.2) is 74.2 Å². The lowest BCUT2D eigenvalue weighted by Crippen LogP contribution is -2.39. The van der Waals surface area contributed by atoms with E-state index in [9.17, 15) is 9.59 Å². The molecular weight excluding hydrogens is 370 g/mol. The molecule has 1 aromatic rings. The van der Waals surface area contributed by atoms with Crippen LogP contribution in [0.2, 0.25) is 0 Å². The number of amidine groups is 1. The first-order valence-corrected chi connectivity index (χ1v) is 10.5. The number of ether oxygens (including phenoxy) is 2. The third kappa shape index (κ3) is 5.42. The first-order chi connectivity index (χ1) is 14.1. The minimum atomic E-state index is -0.501. The van der Waals surface area contributed by atoms with E-state index in [1.54, 1.807) is 11.9 Å². The van der Waals surface area contributed by atoms with Crippen molar-refractivity contribution in [2.75, 3.05) is 46.5 Å². The number of nitrogens with zero attached hydrogens (tertiary/aromatic N) is 3. The predicted octanol–water partition coefficient (Wildman–Crippen LogP) is 2.76. The van der Waals surface area contributed by atoms with Gasteiger partial charge in [0.05, 0.1) is 25.5 Å². The highest BCUT2D eigenvalue weighted by Gasteiger charge is 2.30. The second-order valence-corrected chi connectivity index (χ2v) is 7.53. The summed E-state index contributed by atoms with van der Waals surface area (Å²) in [4.78, 5) is 32.9. The smallest absolute Gasteiger partial charge is 0.197 e. The van der Waals surface area contributed by atoms with Crippen molar-refractivity contribution in [1.29, 1.82) is 0 Å². The summed E-state index contributed by atoms with van der Waals surface area (Å²) in [5, 5.41) is 0. The Labute approximate surface area is 172 Å². The molecule has 158 valence electrons. The lowest BCUT2D eigenvalue weighted by Gasteiger charge is -2.31. The highest BCUT2D eigenvalue weighted by atomic mass is 16.5. The fraction of sp³-hybridized carbons (Fsp3) is 0.591. The molecular formula is C22H31N3O4. The number of morpholine rings is 1. The van der Waals surface area contributed by atoms with Gasteiger partial charge in [-0.05, 0) is 18.9 Å². The molecule has 0 bridgehead atoms. The van der Waals surface area contributed by atoms with Crippen LogP contribution in [0, 0.1) is 0 Å². The highest BCUT2D eigenvalue weighted by Crippen LogP contribution is 2.36. The van der Waals surface area contributed by atoms with Gasteiger partial charge in [0, 0.05) is 44.7 Å². The molecule has 7 nitrogen and oxygen atoms in total. The van der Waals surface area contributed by atoms with Crippen molar-refractivity contribution in [3.05, 3.63) is 23.8 Å². The number of likely N-dealkylation sites (N-methyl/N-ethyl adjacent to an activating group) is 1. The minimum absolute atomic E-state index is 0.0244. The summed E-state index contributed by atoms with van der Waals surface area (Å²) in [5.74, 6) is 1.04. The second-order valence-electron chi connectivity index (χ2n) is 7.53. The zero-order valence-electron chi connectivity index (χ0n) is 17.4. The van der Waals surface area contributed by atoms with E-state index in [4.69, 9.17) is 9.47 Å². The van der Waals surface area contributed by atoms with Gasteiger partial charge in [-0.25, -0.2) is 4.99 Å². The maximum atomic E-state index is 12.6. The summed E-state index contributed by atoms with van der Waals surface area (Å²) < 4.78 is 11.3. The molecule has 0 spiro atoms. The maximum absolute atomic E-state index is 12.6. The predicted molar refractivity (Wildman–Crippen MR) is 112 cm³/mol. The maximum Gasteiger partial charge on any atom is 0.197 e. The summed E-state index contributed by atoms with van der Waals surface area (Å²) in [7, 11) is 1.75. The van der Waals surface area contributed by atoms with Crippen molar-refractivity contribution in [1.82, 2.24) is 9.80 Å². The molecule has 1 saturated heterocycles. The van der Waals surface area contributed by atoms with Crippen LogP contribution in [0.3, 0.4) is 0 Å². The summed E-state index contributed by atoms with van der Waals surface area (Å²) >= 11 is 0. The number of carbonyl (C=O) groups is 2. The molecule has 2 aliphatic heterocycles. The van der Waals surface area contributed by atoms with Gasteiger partial charge in [-0.3, -0.25) is 9.69 Å². The summed E-state index contributed by atoms with van der Waals surface area (Å²) in [6, 6.07) is 5.08. The van der Waals surface area contributed by atoms with E-state index in [0.717, 1.165) is 64.0 Å². The quantitative estimate of drug-likeness (QED) is 0.443. The summed E-state index contributed by atoms with van der Waals surface area (Å²) in [5.41, 5.74) is 1.45. The van der Waals surface area contributed by atoms with E-state index in [1.807, 2.05) is 25.1 Å². The molecule has 7 heteroatoms. The number of aliphatic imine (C=N–C) groups is 1. The highest BCUT2D eigenvalue weighted by molar-refractivity contribution is 6.39. The van der Waals surface area contributed by atoms with E-state index in [-0.39, 0.29) is 5.78 Å². The standard InChI is InChI=1S/C22H31N3O4/c1-3-4-6-21(27)22-23-19-15-17(7-8-18(19)20(16-26)24(22)2)29-12-5-9-25-10-13-28-14-11-25/h7-8,15-16,20H,3-6,9-14H2,1-2H3. The van der Waals surface area contributed by atoms with E-state index >= 15 is 0 Å². The lowest BCUT2D eigenvalue weighted by atomic mass is 10.0. The van der Waals surface area contributed by atoms with Crippen LogP contribution in [0.5, 0.6) is 5.75 Å². The van der Waals surface area contributed by atoms with Crippen LogP contribution < -0.4 is 4.74 Å². The van der Waals surface area contributed by atoms with Crippen LogP contribution in [-0.2, 0) is 14.3 Å². The third-order valence-corrected chi connectivity index (χ3v) is 5.43. The van der Waals surface area contributed by atoms with Crippen molar-refractivity contribution in [3.8, 4) is 5.75 Å². The van der Waals surface area contributed by atoms with E-state index in [1.165, 1.54) is 0 Å². The number of hydrogen-bond acceptors (Lipinski definition) is 7. The molecule has 1 aromatic carbocycles. The Kier molecular flexibility index (Phi) is 7.77. The van der Waals surface area contributed by atoms with Crippen LogP contribution in [0.4, 0.5) is 5.69 Å². The summed E-state index contributed by atoms with van der Waals surface area (Å²) in [6.07, 6.45) is 4.00. The molecule has 1 fully saturated rings. The van der Waals surface area contributed by atoms with Gasteiger partial charge in [-0.2, -0.15) is 0 Å². The van der Waals surface area contributed by atoms with Crippen molar-refractivity contribution in [2.24, 2.45) is 4.99 Å².